The van der Waals surface area contributed by atoms with Gasteiger partial charge in [-0.3, -0.25) is 4.79 Å². The first-order valence-electron chi connectivity index (χ1n) is 9.21. The number of carbonyl (C=O) groups is 2. The predicted octanol–water partition coefficient (Wildman–Crippen LogP) is 3.96. The molecule has 2 aliphatic rings. The summed E-state index contributed by atoms with van der Waals surface area (Å²) in [6, 6.07) is 4.06. The number of carbonyl (C=O) groups excluding carboxylic acids is 2. The Kier molecular flexibility index (Phi) is 5.20. The van der Waals surface area contributed by atoms with Crippen LogP contribution in [0.25, 0.3) is 0 Å². The molecular formula is C20H16ClF4N3O3. The van der Waals surface area contributed by atoms with Gasteiger partial charge in [-0.05, 0) is 23.8 Å². The minimum atomic E-state index is -2.93. The Morgan fingerprint density at radius 1 is 1.23 bits per heavy atom. The second-order valence-electron chi connectivity index (χ2n) is 7.38. The van der Waals surface area contributed by atoms with E-state index in [2.05, 4.69) is 5.32 Å². The number of rotatable bonds is 3. The van der Waals surface area contributed by atoms with Crippen molar-refractivity contribution in [2.45, 2.75) is 18.4 Å². The number of likely N-dealkylation sites (N-methyl/N-ethyl adjacent to an activating group) is 1. The summed E-state index contributed by atoms with van der Waals surface area (Å²) in [7, 11) is 1.36. The topological polar surface area (TPSA) is 61.9 Å². The molecule has 3 amide bonds. The van der Waals surface area contributed by atoms with Gasteiger partial charge in [0.25, 0.3) is 5.92 Å². The normalized spacial score (nSPS) is 19.5. The third kappa shape index (κ3) is 3.99. The molecule has 0 saturated carbocycles. The number of halogens is 5. The maximum absolute atomic E-state index is 14.6. The summed E-state index contributed by atoms with van der Waals surface area (Å²) in [5, 5.41) is 2.48. The van der Waals surface area contributed by atoms with Crippen molar-refractivity contribution >= 4 is 29.2 Å². The van der Waals surface area contributed by atoms with Crippen LogP contribution in [-0.2, 0) is 11.2 Å². The van der Waals surface area contributed by atoms with Crippen molar-refractivity contribution in [1.82, 2.24) is 10.2 Å². The zero-order valence-corrected chi connectivity index (χ0v) is 16.9. The Balaban J connectivity index is 1.60. The van der Waals surface area contributed by atoms with Gasteiger partial charge >= 0.3 is 6.03 Å². The van der Waals surface area contributed by atoms with E-state index in [1.165, 1.54) is 19.2 Å². The lowest BCUT2D eigenvalue weighted by Gasteiger charge is -2.40. The van der Waals surface area contributed by atoms with E-state index < -0.39 is 48.6 Å². The molecule has 11 heteroatoms. The molecule has 0 aromatic heterocycles. The van der Waals surface area contributed by atoms with E-state index in [0.29, 0.717) is 5.56 Å². The van der Waals surface area contributed by atoms with Crippen LogP contribution in [0.2, 0.25) is 5.02 Å². The number of nitrogens with zero attached hydrogens (tertiary/aromatic N) is 2. The minimum Gasteiger partial charge on any atom is -0.450 e. The molecule has 1 fully saturated rings. The first-order chi connectivity index (χ1) is 14.6. The number of amides is 3. The maximum Gasteiger partial charge on any atom is 0.318 e. The Hall–Kier alpha value is -3.01. The minimum absolute atomic E-state index is 0.0119. The fourth-order valence-electron chi connectivity index (χ4n) is 3.54. The number of alkyl halides is 2. The van der Waals surface area contributed by atoms with Gasteiger partial charge in [0, 0.05) is 19.5 Å². The van der Waals surface area contributed by atoms with Gasteiger partial charge in [-0.25, -0.2) is 22.4 Å². The van der Waals surface area contributed by atoms with Gasteiger partial charge < -0.3 is 19.9 Å². The third-order valence-corrected chi connectivity index (χ3v) is 5.40. The van der Waals surface area contributed by atoms with Gasteiger partial charge in [-0.2, -0.15) is 0 Å². The fraction of sp³-hybridized carbons (Fsp3) is 0.300. The van der Waals surface area contributed by atoms with Crippen LogP contribution in [0.15, 0.2) is 30.3 Å². The highest BCUT2D eigenvalue weighted by Gasteiger charge is 2.47. The van der Waals surface area contributed by atoms with Gasteiger partial charge in [0.2, 0.25) is 5.91 Å². The standard InChI is InChI=1S/C20H16ClF4N3O3/c1-27-16-10(6-14(18(27)29)26-19(30)28-8-20(24,25)9-28)2-5-13(23)17(16)31-15-7-11(22)3-4-12(15)21/h2-5,7,14H,6,8-9H2,1H3,(H,26,30)/t14-/m1/s1. The number of hydrogen-bond acceptors (Lipinski definition) is 3. The number of anilines is 1. The van der Waals surface area contributed by atoms with Crippen LogP contribution in [0.1, 0.15) is 5.56 Å². The van der Waals surface area contributed by atoms with Crippen molar-refractivity contribution in [3.8, 4) is 11.5 Å². The van der Waals surface area contributed by atoms with Crippen molar-refractivity contribution in [2.75, 3.05) is 25.0 Å². The molecule has 0 unspecified atom stereocenters. The van der Waals surface area contributed by atoms with Crippen LogP contribution in [-0.4, -0.2) is 48.9 Å². The van der Waals surface area contributed by atoms with Crippen molar-refractivity contribution in [3.05, 3.63) is 52.6 Å². The monoisotopic (exact) mass is 457 g/mol. The van der Waals surface area contributed by atoms with E-state index in [-0.39, 0.29) is 28.6 Å². The second-order valence-corrected chi connectivity index (χ2v) is 7.78. The number of fused-ring (bicyclic) bond motifs is 1. The summed E-state index contributed by atoms with van der Waals surface area (Å²) in [6.07, 6.45) is -0.0119. The van der Waals surface area contributed by atoms with E-state index in [1.54, 1.807) is 0 Å². The molecular weight excluding hydrogens is 442 g/mol. The number of benzene rings is 2. The van der Waals surface area contributed by atoms with E-state index in [4.69, 9.17) is 16.3 Å². The van der Waals surface area contributed by atoms with E-state index in [9.17, 15) is 27.2 Å². The quantitative estimate of drug-likeness (QED) is 0.710. The lowest BCUT2D eigenvalue weighted by Crippen LogP contribution is -2.63. The third-order valence-electron chi connectivity index (χ3n) is 5.09. The molecule has 1 atom stereocenters. The lowest BCUT2D eigenvalue weighted by molar-refractivity contribution is -0.121. The highest BCUT2D eigenvalue weighted by molar-refractivity contribution is 6.32. The zero-order valence-electron chi connectivity index (χ0n) is 16.1. The second kappa shape index (κ2) is 7.60. The first kappa shape index (κ1) is 21.2. The van der Waals surface area contributed by atoms with Crippen LogP contribution < -0.4 is 15.0 Å². The molecule has 2 aromatic rings. The molecule has 1 N–H and O–H groups in total. The molecule has 164 valence electrons. The van der Waals surface area contributed by atoms with Gasteiger partial charge in [0.05, 0.1) is 23.8 Å². The highest BCUT2D eigenvalue weighted by Crippen LogP contribution is 2.42. The zero-order chi connectivity index (χ0) is 22.5. The SMILES string of the molecule is CN1C(=O)[C@H](NC(=O)N2CC(F)(F)C2)Cc2ccc(F)c(Oc3cc(F)ccc3Cl)c21. The summed E-state index contributed by atoms with van der Waals surface area (Å²) in [6.45, 7) is -1.44. The molecule has 4 rings (SSSR count). The van der Waals surface area contributed by atoms with Crippen LogP contribution in [0.5, 0.6) is 11.5 Å². The number of likely N-dealkylation sites (tertiary alicyclic amines) is 1. The van der Waals surface area contributed by atoms with Crippen LogP contribution in [0.4, 0.5) is 28.0 Å². The molecule has 0 spiro atoms. The molecule has 0 bridgehead atoms. The summed E-state index contributed by atoms with van der Waals surface area (Å²) < 4.78 is 59.7. The largest absolute Gasteiger partial charge is 0.450 e. The number of ether oxygens (including phenoxy) is 1. The summed E-state index contributed by atoms with van der Waals surface area (Å²) in [5.41, 5.74) is 0.566. The van der Waals surface area contributed by atoms with Crippen molar-refractivity contribution in [2.24, 2.45) is 0 Å². The van der Waals surface area contributed by atoms with Crippen LogP contribution >= 0.6 is 11.6 Å². The molecule has 2 aliphatic heterocycles. The average molecular weight is 458 g/mol. The highest BCUT2D eigenvalue weighted by atomic mass is 35.5. The summed E-state index contributed by atoms with van der Waals surface area (Å²) in [5.74, 6) is -5.43. The summed E-state index contributed by atoms with van der Waals surface area (Å²) in [4.78, 5) is 26.9. The first-order valence-corrected chi connectivity index (χ1v) is 9.58. The van der Waals surface area contributed by atoms with Gasteiger partial charge in [0.15, 0.2) is 11.6 Å². The number of hydrogen-bond donors (Lipinski definition) is 1. The van der Waals surface area contributed by atoms with E-state index >= 15 is 0 Å². The maximum atomic E-state index is 14.6. The lowest BCUT2D eigenvalue weighted by atomic mass is 9.96. The molecule has 2 heterocycles. The summed E-state index contributed by atoms with van der Waals surface area (Å²) >= 11 is 6.00. The molecule has 1 saturated heterocycles. The Bertz CT molecular complexity index is 1070. The Morgan fingerprint density at radius 3 is 2.61 bits per heavy atom. The van der Waals surface area contributed by atoms with E-state index in [0.717, 1.165) is 28.0 Å². The molecule has 0 radical (unpaired) electrons. The van der Waals surface area contributed by atoms with E-state index in [1.807, 2.05) is 0 Å². The smallest absolute Gasteiger partial charge is 0.318 e. The molecule has 0 aliphatic carbocycles. The Labute approximate surface area is 179 Å². The average Bonchev–Trinajstić information content (AvgIpc) is 2.68. The fourth-order valence-corrected chi connectivity index (χ4v) is 3.70. The van der Waals surface area contributed by atoms with Crippen LogP contribution in [0.3, 0.4) is 0 Å². The van der Waals surface area contributed by atoms with Crippen molar-refractivity contribution < 1.29 is 31.9 Å². The predicted molar refractivity (Wildman–Crippen MR) is 104 cm³/mol. The number of nitrogens with one attached hydrogen (secondary N) is 1. The molecule has 6 nitrogen and oxygen atoms in total. The Morgan fingerprint density at radius 2 is 1.94 bits per heavy atom. The number of urea groups is 1. The van der Waals surface area contributed by atoms with Crippen LogP contribution in [0, 0.1) is 11.6 Å². The van der Waals surface area contributed by atoms with Crippen molar-refractivity contribution in [3.63, 3.8) is 0 Å². The van der Waals surface area contributed by atoms with Crippen molar-refractivity contribution in [1.29, 1.82) is 0 Å². The molecule has 31 heavy (non-hydrogen) atoms. The van der Waals surface area contributed by atoms with Gasteiger partial charge in [0.1, 0.15) is 17.6 Å². The van der Waals surface area contributed by atoms with Gasteiger partial charge in [-0.1, -0.05) is 17.7 Å². The molecule has 2 aromatic carbocycles. The van der Waals surface area contributed by atoms with Gasteiger partial charge in [-0.15, -0.1) is 0 Å².